The Hall–Kier alpha value is -2.03. The fraction of sp³-hybridized carbons (Fsp3) is 0.0833. The van der Waals surface area contributed by atoms with Crippen LogP contribution < -0.4 is 5.76 Å². The lowest BCUT2D eigenvalue weighted by Crippen LogP contribution is -2.09. The van der Waals surface area contributed by atoms with Gasteiger partial charge in [-0.2, -0.15) is 0 Å². The number of para-hydroxylation sites is 1. The van der Waals surface area contributed by atoms with Crippen LogP contribution in [0.3, 0.4) is 0 Å². The van der Waals surface area contributed by atoms with Crippen LogP contribution in [-0.4, -0.2) is 4.40 Å². The van der Waals surface area contributed by atoms with Gasteiger partial charge in [-0.3, -0.25) is 4.40 Å². The van der Waals surface area contributed by atoms with E-state index in [2.05, 4.69) is 0 Å². The van der Waals surface area contributed by atoms with Gasteiger partial charge in [0.15, 0.2) is 0 Å². The SMILES string of the molecule is Cc1ccn2c(=O)oc3ccccc3c12. The van der Waals surface area contributed by atoms with Gasteiger partial charge in [0.2, 0.25) is 0 Å². The van der Waals surface area contributed by atoms with Gasteiger partial charge in [0.05, 0.1) is 5.52 Å². The van der Waals surface area contributed by atoms with E-state index < -0.39 is 0 Å². The lowest BCUT2D eigenvalue weighted by molar-refractivity contribution is 0.522. The molecule has 2 heterocycles. The summed E-state index contributed by atoms with van der Waals surface area (Å²) in [5.74, 6) is -0.336. The first-order valence-electron chi connectivity index (χ1n) is 4.77. The van der Waals surface area contributed by atoms with E-state index in [9.17, 15) is 4.79 Å². The third-order valence-electron chi connectivity index (χ3n) is 2.62. The highest BCUT2D eigenvalue weighted by atomic mass is 16.4. The number of rotatable bonds is 0. The zero-order chi connectivity index (χ0) is 10.4. The van der Waals surface area contributed by atoms with E-state index in [-0.39, 0.29) is 5.76 Å². The van der Waals surface area contributed by atoms with Crippen molar-refractivity contribution in [2.24, 2.45) is 0 Å². The summed E-state index contributed by atoms with van der Waals surface area (Å²) in [7, 11) is 0. The minimum atomic E-state index is -0.336. The molecular weight excluding hydrogens is 190 g/mol. The topological polar surface area (TPSA) is 34.6 Å². The molecule has 1 aromatic carbocycles. The molecule has 0 saturated carbocycles. The number of nitrogens with zero attached hydrogens (tertiary/aromatic N) is 1. The van der Waals surface area contributed by atoms with Crippen LogP contribution in [0.15, 0.2) is 45.7 Å². The van der Waals surface area contributed by atoms with Gasteiger partial charge < -0.3 is 4.42 Å². The normalized spacial score (nSPS) is 11.3. The first kappa shape index (κ1) is 8.29. The summed E-state index contributed by atoms with van der Waals surface area (Å²) in [6.07, 6.45) is 1.74. The third kappa shape index (κ3) is 1.03. The number of benzene rings is 1. The van der Waals surface area contributed by atoms with Crippen molar-refractivity contribution >= 4 is 16.5 Å². The predicted molar refractivity (Wildman–Crippen MR) is 58.2 cm³/mol. The maximum atomic E-state index is 11.6. The molecule has 0 amide bonds. The molecule has 0 bridgehead atoms. The van der Waals surface area contributed by atoms with E-state index in [0.717, 1.165) is 16.5 Å². The van der Waals surface area contributed by atoms with E-state index in [4.69, 9.17) is 4.42 Å². The highest BCUT2D eigenvalue weighted by Gasteiger charge is 2.07. The van der Waals surface area contributed by atoms with Crippen LogP contribution >= 0.6 is 0 Å². The van der Waals surface area contributed by atoms with Crippen molar-refractivity contribution in [1.82, 2.24) is 4.40 Å². The molecule has 0 unspecified atom stereocenters. The molecule has 3 heteroatoms. The molecule has 0 fully saturated rings. The minimum Gasteiger partial charge on any atom is -0.409 e. The largest absolute Gasteiger partial charge is 0.423 e. The van der Waals surface area contributed by atoms with Crippen molar-refractivity contribution in [2.45, 2.75) is 6.92 Å². The molecule has 74 valence electrons. The Morgan fingerprint density at radius 1 is 1.20 bits per heavy atom. The summed E-state index contributed by atoms with van der Waals surface area (Å²) in [6.45, 7) is 1.99. The summed E-state index contributed by atoms with van der Waals surface area (Å²) in [6, 6.07) is 9.48. The van der Waals surface area contributed by atoms with Crippen LogP contribution in [0.5, 0.6) is 0 Å². The molecule has 0 N–H and O–H groups in total. The highest BCUT2D eigenvalue weighted by Crippen LogP contribution is 2.21. The second kappa shape index (κ2) is 2.73. The van der Waals surface area contributed by atoms with Crippen molar-refractivity contribution in [3.05, 3.63) is 52.6 Å². The number of aryl methyl sites for hydroxylation is 1. The number of fused-ring (bicyclic) bond motifs is 3. The first-order chi connectivity index (χ1) is 7.27. The van der Waals surface area contributed by atoms with Crippen LogP contribution in [0.2, 0.25) is 0 Å². The van der Waals surface area contributed by atoms with Crippen LogP contribution in [0, 0.1) is 6.92 Å². The maximum absolute atomic E-state index is 11.6. The Bertz CT molecular complexity index is 706. The molecule has 2 aromatic heterocycles. The van der Waals surface area contributed by atoms with Crippen molar-refractivity contribution < 1.29 is 4.42 Å². The molecular formula is C12H9NO2. The fourth-order valence-electron chi connectivity index (χ4n) is 1.92. The maximum Gasteiger partial charge on any atom is 0.423 e. The average Bonchev–Trinajstić information content (AvgIpc) is 2.62. The smallest absolute Gasteiger partial charge is 0.409 e. The van der Waals surface area contributed by atoms with Gasteiger partial charge in [-0.05, 0) is 30.7 Å². The van der Waals surface area contributed by atoms with Crippen LogP contribution in [0.25, 0.3) is 16.5 Å². The molecule has 0 radical (unpaired) electrons. The molecule has 15 heavy (non-hydrogen) atoms. The zero-order valence-electron chi connectivity index (χ0n) is 8.23. The molecule has 3 rings (SSSR count). The summed E-state index contributed by atoms with van der Waals surface area (Å²) >= 11 is 0. The first-order valence-corrected chi connectivity index (χ1v) is 4.77. The van der Waals surface area contributed by atoms with E-state index >= 15 is 0 Å². The van der Waals surface area contributed by atoms with Crippen molar-refractivity contribution in [3.8, 4) is 0 Å². The fourth-order valence-corrected chi connectivity index (χ4v) is 1.92. The van der Waals surface area contributed by atoms with Crippen molar-refractivity contribution in [1.29, 1.82) is 0 Å². The van der Waals surface area contributed by atoms with Gasteiger partial charge >= 0.3 is 5.76 Å². The van der Waals surface area contributed by atoms with Gasteiger partial charge in [0.1, 0.15) is 5.58 Å². The van der Waals surface area contributed by atoms with Crippen molar-refractivity contribution in [2.75, 3.05) is 0 Å². The molecule has 0 atom stereocenters. The Kier molecular flexibility index (Phi) is 1.51. The molecule has 0 aliphatic heterocycles. The second-order valence-electron chi connectivity index (χ2n) is 3.58. The summed E-state index contributed by atoms with van der Waals surface area (Å²) < 4.78 is 6.74. The lowest BCUT2D eigenvalue weighted by atomic mass is 10.2. The van der Waals surface area contributed by atoms with Gasteiger partial charge in [0, 0.05) is 11.6 Å². The van der Waals surface area contributed by atoms with E-state index in [0.29, 0.717) is 5.58 Å². The van der Waals surface area contributed by atoms with Crippen LogP contribution in [-0.2, 0) is 0 Å². The molecule has 3 nitrogen and oxygen atoms in total. The number of hydrogen-bond donors (Lipinski definition) is 0. The highest BCUT2D eigenvalue weighted by molar-refractivity contribution is 5.93. The number of aromatic nitrogens is 1. The Labute approximate surface area is 85.6 Å². The molecule has 3 aromatic rings. The Morgan fingerprint density at radius 3 is 2.87 bits per heavy atom. The Balaban J connectivity index is 2.74. The molecule has 0 saturated heterocycles. The van der Waals surface area contributed by atoms with Crippen molar-refractivity contribution in [3.63, 3.8) is 0 Å². The molecule has 0 aliphatic carbocycles. The summed E-state index contributed by atoms with van der Waals surface area (Å²) in [5.41, 5.74) is 2.65. The standard InChI is InChI=1S/C12H9NO2/c1-8-6-7-13-11(8)9-4-2-3-5-10(9)15-12(13)14/h2-7H,1H3. The van der Waals surface area contributed by atoms with Gasteiger partial charge in [-0.15, -0.1) is 0 Å². The Morgan fingerprint density at radius 2 is 2.00 bits per heavy atom. The summed E-state index contributed by atoms with van der Waals surface area (Å²) in [5, 5.41) is 0.972. The van der Waals surface area contributed by atoms with Gasteiger partial charge in [0.25, 0.3) is 0 Å². The van der Waals surface area contributed by atoms with Gasteiger partial charge in [-0.1, -0.05) is 12.1 Å². The number of hydrogen-bond acceptors (Lipinski definition) is 2. The van der Waals surface area contributed by atoms with E-state index in [1.807, 2.05) is 37.3 Å². The minimum absolute atomic E-state index is 0.336. The third-order valence-corrected chi connectivity index (χ3v) is 2.62. The predicted octanol–water partition coefficient (Wildman–Crippen LogP) is 2.35. The summed E-state index contributed by atoms with van der Waals surface area (Å²) in [4.78, 5) is 11.6. The zero-order valence-corrected chi connectivity index (χ0v) is 8.23. The molecule has 0 spiro atoms. The van der Waals surface area contributed by atoms with Crippen LogP contribution in [0.1, 0.15) is 5.56 Å². The molecule has 0 aliphatic rings. The van der Waals surface area contributed by atoms with Gasteiger partial charge in [-0.25, -0.2) is 4.79 Å². The average molecular weight is 199 g/mol. The second-order valence-corrected chi connectivity index (χ2v) is 3.58. The van der Waals surface area contributed by atoms with E-state index in [1.165, 1.54) is 4.40 Å². The van der Waals surface area contributed by atoms with Crippen LogP contribution in [0.4, 0.5) is 0 Å². The van der Waals surface area contributed by atoms with E-state index in [1.54, 1.807) is 6.20 Å². The quantitative estimate of drug-likeness (QED) is 0.557. The lowest BCUT2D eigenvalue weighted by Gasteiger charge is -2.00. The monoisotopic (exact) mass is 199 g/mol.